The molecule has 0 unspecified atom stereocenters. The van der Waals surface area contributed by atoms with Crippen LogP contribution in [0.3, 0.4) is 0 Å². The lowest BCUT2D eigenvalue weighted by molar-refractivity contribution is -0.0159. The van der Waals surface area contributed by atoms with Crippen molar-refractivity contribution in [3.8, 4) is 0 Å². The SMILES string of the molecule is CO[C@@H]1CCN(C(=O)c2cnccn2)[C@@H]2CN(Cc3ccco3)C[C@@H]21. The molecule has 1 amide bonds. The summed E-state index contributed by atoms with van der Waals surface area (Å²) in [6, 6.07) is 4.02. The number of amides is 1. The molecule has 4 rings (SSSR count). The van der Waals surface area contributed by atoms with Crippen LogP contribution in [0.5, 0.6) is 0 Å². The van der Waals surface area contributed by atoms with Gasteiger partial charge in [0.05, 0.1) is 31.2 Å². The van der Waals surface area contributed by atoms with E-state index in [9.17, 15) is 4.79 Å². The van der Waals surface area contributed by atoms with Crippen molar-refractivity contribution in [2.45, 2.75) is 25.1 Å². The van der Waals surface area contributed by atoms with Crippen molar-refractivity contribution in [2.75, 3.05) is 26.7 Å². The van der Waals surface area contributed by atoms with Crippen molar-refractivity contribution in [1.29, 1.82) is 0 Å². The molecule has 0 aromatic carbocycles. The number of rotatable bonds is 4. The van der Waals surface area contributed by atoms with Gasteiger partial charge in [0.1, 0.15) is 11.5 Å². The van der Waals surface area contributed by atoms with Crippen LogP contribution in [0.2, 0.25) is 0 Å². The molecule has 0 N–H and O–H groups in total. The summed E-state index contributed by atoms with van der Waals surface area (Å²) in [6.45, 7) is 3.15. The zero-order chi connectivity index (χ0) is 17.2. The molecule has 0 radical (unpaired) electrons. The van der Waals surface area contributed by atoms with Gasteiger partial charge < -0.3 is 14.1 Å². The van der Waals surface area contributed by atoms with E-state index in [2.05, 4.69) is 14.9 Å². The molecule has 7 heteroatoms. The molecular weight excluding hydrogens is 320 g/mol. The van der Waals surface area contributed by atoms with Crippen molar-refractivity contribution >= 4 is 5.91 Å². The Morgan fingerprint density at radius 2 is 2.32 bits per heavy atom. The van der Waals surface area contributed by atoms with Crippen LogP contribution in [0.1, 0.15) is 22.7 Å². The van der Waals surface area contributed by atoms with Crippen molar-refractivity contribution < 1.29 is 13.9 Å². The number of nitrogens with zero attached hydrogens (tertiary/aromatic N) is 4. The number of likely N-dealkylation sites (tertiary alicyclic amines) is 2. The van der Waals surface area contributed by atoms with Crippen LogP contribution in [0.25, 0.3) is 0 Å². The zero-order valence-electron chi connectivity index (χ0n) is 14.2. The second-order valence-electron chi connectivity index (χ2n) is 6.66. The molecular formula is C18H22N4O3. The lowest BCUT2D eigenvalue weighted by atomic mass is 9.89. The molecule has 0 spiro atoms. The molecule has 2 saturated heterocycles. The molecule has 2 fully saturated rings. The molecule has 4 heterocycles. The zero-order valence-corrected chi connectivity index (χ0v) is 14.2. The predicted molar refractivity (Wildman–Crippen MR) is 89.7 cm³/mol. The molecule has 25 heavy (non-hydrogen) atoms. The Labute approximate surface area is 146 Å². The van der Waals surface area contributed by atoms with Gasteiger partial charge in [-0.15, -0.1) is 0 Å². The fraction of sp³-hybridized carbons (Fsp3) is 0.500. The normalized spacial score (nSPS) is 26.6. The third-order valence-corrected chi connectivity index (χ3v) is 5.25. The maximum atomic E-state index is 12.9. The Morgan fingerprint density at radius 1 is 1.40 bits per heavy atom. The molecule has 132 valence electrons. The Bertz CT molecular complexity index is 706. The van der Waals surface area contributed by atoms with E-state index in [-0.39, 0.29) is 18.1 Å². The van der Waals surface area contributed by atoms with Crippen molar-refractivity contribution in [1.82, 2.24) is 19.8 Å². The quantitative estimate of drug-likeness (QED) is 0.837. The van der Waals surface area contributed by atoms with Gasteiger partial charge in [0.25, 0.3) is 5.91 Å². The van der Waals surface area contributed by atoms with Gasteiger partial charge in [0.15, 0.2) is 0 Å². The van der Waals surface area contributed by atoms with Gasteiger partial charge in [-0.05, 0) is 18.6 Å². The first-order chi connectivity index (χ1) is 12.3. The number of fused-ring (bicyclic) bond motifs is 1. The molecule has 0 saturated carbocycles. The van der Waals surface area contributed by atoms with E-state index in [1.54, 1.807) is 25.8 Å². The van der Waals surface area contributed by atoms with Crippen LogP contribution in [0, 0.1) is 5.92 Å². The fourth-order valence-corrected chi connectivity index (χ4v) is 4.09. The van der Waals surface area contributed by atoms with E-state index < -0.39 is 0 Å². The smallest absolute Gasteiger partial charge is 0.274 e. The predicted octanol–water partition coefficient (Wildman–Crippen LogP) is 1.43. The fourth-order valence-electron chi connectivity index (χ4n) is 4.09. The number of aromatic nitrogens is 2. The summed E-state index contributed by atoms with van der Waals surface area (Å²) in [5, 5.41) is 0. The highest BCUT2D eigenvalue weighted by Crippen LogP contribution is 2.33. The highest BCUT2D eigenvalue weighted by molar-refractivity contribution is 5.92. The van der Waals surface area contributed by atoms with Crippen LogP contribution in [0.4, 0.5) is 0 Å². The highest BCUT2D eigenvalue weighted by Gasteiger charge is 2.46. The van der Waals surface area contributed by atoms with Crippen LogP contribution < -0.4 is 0 Å². The first-order valence-corrected chi connectivity index (χ1v) is 8.61. The molecule has 2 aliphatic heterocycles. The number of piperidine rings is 1. The highest BCUT2D eigenvalue weighted by atomic mass is 16.5. The number of hydrogen-bond donors (Lipinski definition) is 0. The van der Waals surface area contributed by atoms with Crippen molar-refractivity contribution in [3.63, 3.8) is 0 Å². The molecule has 2 aromatic heterocycles. The van der Waals surface area contributed by atoms with Gasteiger partial charge in [-0.3, -0.25) is 14.7 Å². The van der Waals surface area contributed by atoms with Crippen molar-refractivity contribution in [3.05, 3.63) is 48.4 Å². The maximum absolute atomic E-state index is 12.9. The summed E-state index contributed by atoms with van der Waals surface area (Å²) in [6.07, 6.45) is 7.40. The van der Waals surface area contributed by atoms with Crippen LogP contribution >= 0.6 is 0 Å². The molecule has 0 bridgehead atoms. The average Bonchev–Trinajstić information content (AvgIpc) is 3.31. The van der Waals surface area contributed by atoms with E-state index in [4.69, 9.17) is 9.15 Å². The summed E-state index contributed by atoms with van der Waals surface area (Å²) in [7, 11) is 1.76. The number of carbonyl (C=O) groups is 1. The first kappa shape index (κ1) is 16.2. The second kappa shape index (κ2) is 6.93. The standard InChI is InChI=1S/C18H22N4O3/c1-24-17-4-7-22(18(23)15-9-19-5-6-20-15)16-12-21(11-14(16)17)10-13-3-2-8-25-13/h2-3,5-6,8-9,14,16-17H,4,7,10-12H2,1H3/t14-,16+,17+/m0/s1. The molecule has 2 aliphatic rings. The van der Waals surface area contributed by atoms with Gasteiger partial charge in [0.2, 0.25) is 0 Å². The van der Waals surface area contributed by atoms with Gasteiger partial charge in [-0.2, -0.15) is 0 Å². The summed E-state index contributed by atoms with van der Waals surface area (Å²) in [5.41, 5.74) is 0.404. The monoisotopic (exact) mass is 342 g/mol. The van der Waals surface area contributed by atoms with Gasteiger partial charge in [0, 0.05) is 45.1 Å². The largest absolute Gasteiger partial charge is 0.468 e. The van der Waals surface area contributed by atoms with E-state index in [1.165, 1.54) is 6.20 Å². The Balaban J connectivity index is 1.53. The minimum atomic E-state index is -0.0440. The van der Waals surface area contributed by atoms with Gasteiger partial charge in [-0.25, -0.2) is 4.98 Å². The van der Waals surface area contributed by atoms with Crippen LogP contribution in [-0.4, -0.2) is 64.6 Å². The summed E-state index contributed by atoms with van der Waals surface area (Å²) in [5.74, 6) is 1.20. The number of methoxy groups -OCH3 is 1. The van der Waals surface area contributed by atoms with Gasteiger partial charge in [-0.1, -0.05) is 0 Å². The Hall–Kier alpha value is -2.25. The number of carbonyl (C=O) groups excluding carboxylic acids is 1. The first-order valence-electron chi connectivity index (χ1n) is 8.61. The molecule has 7 nitrogen and oxygen atoms in total. The van der Waals surface area contributed by atoms with Crippen LogP contribution in [0.15, 0.2) is 41.4 Å². The van der Waals surface area contributed by atoms with Gasteiger partial charge >= 0.3 is 0 Å². The Kier molecular flexibility index (Phi) is 4.50. The summed E-state index contributed by atoms with van der Waals surface area (Å²) in [4.78, 5) is 25.4. The lowest BCUT2D eigenvalue weighted by Gasteiger charge is -2.40. The molecule has 3 atom stereocenters. The molecule has 2 aromatic rings. The lowest BCUT2D eigenvalue weighted by Crippen LogP contribution is -2.53. The van der Waals surface area contributed by atoms with Crippen LogP contribution in [-0.2, 0) is 11.3 Å². The number of ether oxygens (including phenoxy) is 1. The van der Waals surface area contributed by atoms with E-state index in [1.807, 2.05) is 17.0 Å². The maximum Gasteiger partial charge on any atom is 0.274 e. The van der Waals surface area contributed by atoms with E-state index >= 15 is 0 Å². The third-order valence-electron chi connectivity index (χ3n) is 5.25. The summed E-state index contributed by atoms with van der Waals surface area (Å²) >= 11 is 0. The van der Waals surface area contributed by atoms with Crippen molar-refractivity contribution in [2.24, 2.45) is 5.92 Å². The average molecular weight is 342 g/mol. The summed E-state index contributed by atoms with van der Waals surface area (Å²) < 4.78 is 11.2. The minimum Gasteiger partial charge on any atom is -0.468 e. The van der Waals surface area contributed by atoms with E-state index in [0.717, 1.165) is 31.8 Å². The number of hydrogen-bond acceptors (Lipinski definition) is 6. The molecule has 0 aliphatic carbocycles. The third kappa shape index (κ3) is 3.17. The number of furan rings is 1. The van der Waals surface area contributed by atoms with E-state index in [0.29, 0.717) is 18.2 Å². The topological polar surface area (TPSA) is 71.7 Å². The second-order valence-corrected chi connectivity index (χ2v) is 6.66. The minimum absolute atomic E-state index is 0.0440. The Morgan fingerprint density at radius 3 is 3.04 bits per heavy atom.